The molecule has 4 aromatic carbocycles. The molecule has 1 aliphatic heterocycles. The summed E-state index contributed by atoms with van der Waals surface area (Å²) in [4.78, 5) is 23.1. The van der Waals surface area contributed by atoms with Crippen LogP contribution < -0.4 is 4.74 Å². The number of carbonyl (C=O) groups is 1. The van der Waals surface area contributed by atoms with Crippen LogP contribution in [0.15, 0.2) is 140 Å². The first-order valence-electron chi connectivity index (χ1n) is 16.1. The molecule has 47 heavy (non-hydrogen) atoms. The van der Waals surface area contributed by atoms with E-state index in [0.29, 0.717) is 31.1 Å². The lowest BCUT2D eigenvalue weighted by atomic mass is 9.91. The van der Waals surface area contributed by atoms with Crippen molar-refractivity contribution in [3.63, 3.8) is 0 Å². The molecule has 1 aliphatic rings. The highest BCUT2D eigenvalue weighted by Gasteiger charge is 2.31. The number of imidazole rings is 1. The van der Waals surface area contributed by atoms with Gasteiger partial charge in [0.25, 0.3) is 0 Å². The molecular formula is C40H37FN4O2. The average Bonchev–Trinajstić information content (AvgIpc) is 3.56. The summed E-state index contributed by atoms with van der Waals surface area (Å²) < 4.78 is 22.7. The molecule has 1 fully saturated rings. The SMILES string of the molecule is O=C(CC(c1cccc(F)c1)c1cnc2c(OCc3ccccc3)cccn12)N1CCN(C(c2ccccc2)c2ccccc2)CC1. The number of rotatable bonds is 10. The second-order valence-corrected chi connectivity index (χ2v) is 12.0. The maximum atomic E-state index is 14.6. The maximum Gasteiger partial charge on any atom is 0.223 e. The van der Waals surface area contributed by atoms with Crippen LogP contribution in [0.4, 0.5) is 4.39 Å². The van der Waals surface area contributed by atoms with Crippen LogP contribution in [0, 0.1) is 5.82 Å². The monoisotopic (exact) mass is 624 g/mol. The van der Waals surface area contributed by atoms with Gasteiger partial charge in [-0.2, -0.15) is 0 Å². The number of benzene rings is 4. The van der Waals surface area contributed by atoms with Gasteiger partial charge in [0.05, 0.1) is 11.7 Å². The number of piperazine rings is 1. The Morgan fingerprint density at radius 2 is 1.38 bits per heavy atom. The standard InChI is InChI=1S/C40H37FN4O2/c41-34-19-10-18-33(26-34)35(36-28-42-40-37(20-11-21-45(36)40)47-29-30-12-4-1-5-13-30)27-38(46)43-22-24-44(25-23-43)39(31-14-6-2-7-15-31)32-16-8-3-9-17-32/h1-21,26,28,35,39H,22-25,27,29H2. The summed E-state index contributed by atoms with van der Waals surface area (Å²) in [5, 5.41) is 0. The number of carbonyl (C=O) groups excluding carboxylic acids is 1. The molecule has 7 rings (SSSR count). The minimum absolute atomic E-state index is 0.0429. The van der Waals surface area contributed by atoms with Gasteiger partial charge in [-0.3, -0.25) is 9.69 Å². The number of hydrogen-bond acceptors (Lipinski definition) is 4. The molecule has 6 aromatic rings. The highest BCUT2D eigenvalue weighted by molar-refractivity contribution is 5.78. The minimum atomic E-state index is -0.392. The largest absolute Gasteiger partial charge is 0.485 e. The van der Waals surface area contributed by atoms with E-state index in [4.69, 9.17) is 9.72 Å². The quantitative estimate of drug-likeness (QED) is 0.158. The fraction of sp³-hybridized carbons (Fsp3) is 0.200. The molecule has 6 nitrogen and oxygen atoms in total. The zero-order valence-corrected chi connectivity index (χ0v) is 26.2. The first-order valence-corrected chi connectivity index (χ1v) is 16.1. The maximum absolute atomic E-state index is 14.6. The van der Waals surface area contributed by atoms with Crippen LogP contribution in [0.25, 0.3) is 5.65 Å². The molecule has 1 unspecified atom stereocenters. The van der Waals surface area contributed by atoms with Gasteiger partial charge in [-0.25, -0.2) is 9.37 Å². The number of amides is 1. The number of hydrogen-bond donors (Lipinski definition) is 0. The van der Waals surface area contributed by atoms with Crippen LogP contribution >= 0.6 is 0 Å². The summed E-state index contributed by atoms with van der Waals surface area (Å²) in [5.41, 5.74) is 5.75. The fourth-order valence-electron chi connectivity index (χ4n) is 6.64. The fourth-order valence-corrected chi connectivity index (χ4v) is 6.64. The lowest BCUT2D eigenvalue weighted by molar-refractivity contribution is -0.133. The summed E-state index contributed by atoms with van der Waals surface area (Å²) in [7, 11) is 0. The van der Waals surface area contributed by atoms with E-state index < -0.39 is 5.92 Å². The van der Waals surface area contributed by atoms with E-state index in [1.54, 1.807) is 12.3 Å². The van der Waals surface area contributed by atoms with E-state index in [0.717, 1.165) is 29.9 Å². The molecule has 0 radical (unpaired) electrons. The molecule has 0 aliphatic carbocycles. The third kappa shape index (κ3) is 6.81. The van der Waals surface area contributed by atoms with Crippen molar-refractivity contribution in [3.8, 4) is 5.75 Å². The van der Waals surface area contributed by atoms with E-state index in [9.17, 15) is 9.18 Å². The number of pyridine rings is 1. The van der Waals surface area contributed by atoms with Gasteiger partial charge in [-0.05, 0) is 46.5 Å². The zero-order chi connectivity index (χ0) is 32.0. The topological polar surface area (TPSA) is 50.1 Å². The summed E-state index contributed by atoms with van der Waals surface area (Å²) in [6, 6.07) is 41.6. The molecular weight excluding hydrogens is 587 g/mol. The molecule has 236 valence electrons. The third-order valence-electron chi connectivity index (χ3n) is 9.02. The van der Waals surface area contributed by atoms with Crippen molar-refractivity contribution >= 4 is 11.6 Å². The van der Waals surface area contributed by atoms with E-state index in [1.165, 1.54) is 23.3 Å². The summed E-state index contributed by atoms with van der Waals surface area (Å²) in [6.07, 6.45) is 3.92. The molecule has 1 atom stereocenters. The van der Waals surface area contributed by atoms with Crippen molar-refractivity contribution in [2.75, 3.05) is 26.2 Å². The van der Waals surface area contributed by atoms with Gasteiger partial charge in [0.2, 0.25) is 5.91 Å². The van der Waals surface area contributed by atoms with E-state index >= 15 is 0 Å². The van der Waals surface area contributed by atoms with Gasteiger partial charge in [-0.15, -0.1) is 0 Å². The number of aromatic nitrogens is 2. The minimum Gasteiger partial charge on any atom is -0.485 e. The Balaban J connectivity index is 1.11. The highest BCUT2D eigenvalue weighted by Crippen LogP contribution is 2.33. The van der Waals surface area contributed by atoms with Gasteiger partial charge in [0.15, 0.2) is 11.4 Å². The van der Waals surface area contributed by atoms with Gasteiger partial charge >= 0.3 is 0 Å². The molecule has 0 N–H and O–H groups in total. The summed E-state index contributed by atoms with van der Waals surface area (Å²) in [6.45, 7) is 3.16. The normalized spacial score (nSPS) is 14.4. The van der Waals surface area contributed by atoms with E-state index in [2.05, 4.69) is 53.4 Å². The van der Waals surface area contributed by atoms with Gasteiger partial charge < -0.3 is 14.0 Å². The predicted molar refractivity (Wildman–Crippen MR) is 182 cm³/mol. The van der Waals surface area contributed by atoms with Crippen LogP contribution in [0.1, 0.15) is 46.3 Å². The van der Waals surface area contributed by atoms with Crippen LogP contribution in [0.3, 0.4) is 0 Å². The number of nitrogens with zero attached hydrogens (tertiary/aromatic N) is 4. The molecule has 0 spiro atoms. The van der Waals surface area contributed by atoms with Crippen LogP contribution in [-0.4, -0.2) is 51.3 Å². The van der Waals surface area contributed by atoms with Crippen molar-refractivity contribution in [2.45, 2.75) is 25.0 Å². The molecule has 0 saturated carbocycles. The smallest absolute Gasteiger partial charge is 0.223 e. The van der Waals surface area contributed by atoms with Crippen molar-refractivity contribution in [1.29, 1.82) is 0 Å². The van der Waals surface area contributed by atoms with Gasteiger partial charge in [0.1, 0.15) is 12.4 Å². The lowest BCUT2D eigenvalue weighted by Gasteiger charge is -2.40. The number of fused-ring (bicyclic) bond motifs is 1. The third-order valence-corrected chi connectivity index (χ3v) is 9.02. The Kier molecular flexibility index (Phi) is 9.06. The van der Waals surface area contributed by atoms with Crippen LogP contribution in [0.2, 0.25) is 0 Å². The van der Waals surface area contributed by atoms with Crippen LogP contribution in [-0.2, 0) is 11.4 Å². The van der Waals surface area contributed by atoms with Gasteiger partial charge in [0, 0.05) is 50.9 Å². The molecule has 2 aromatic heterocycles. The molecule has 3 heterocycles. The zero-order valence-electron chi connectivity index (χ0n) is 26.2. The summed E-state index contributed by atoms with van der Waals surface area (Å²) in [5.74, 6) is -0.0325. The number of halogens is 1. The van der Waals surface area contributed by atoms with Crippen molar-refractivity contribution < 1.29 is 13.9 Å². The Bertz CT molecular complexity index is 1880. The molecule has 7 heteroatoms. The van der Waals surface area contributed by atoms with E-state index in [1.807, 2.05) is 76.2 Å². The second-order valence-electron chi connectivity index (χ2n) is 12.0. The first-order chi connectivity index (χ1) is 23.1. The first kappa shape index (κ1) is 30.4. The molecule has 0 bridgehead atoms. The van der Waals surface area contributed by atoms with E-state index in [-0.39, 0.29) is 24.2 Å². The lowest BCUT2D eigenvalue weighted by Crippen LogP contribution is -2.50. The van der Waals surface area contributed by atoms with Gasteiger partial charge in [-0.1, -0.05) is 103 Å². The Morgan fingerprint density at radius 3 is 2.04 bits per heavy atom. The van der Waals surface area contributed by atoms with Crippen molar-refractivity contribution in [2.24, 2.45) is 0 Å². The van der Waals surface area contributed by atoms with Crippen molar-refractivity contribution in [1.82, 2.24) is 19.2 Å². The van der Waals surface area contributed by atoms with Crippen molar-refractivity contribution in [3.05, 3.63) is 174 Å². The Morgan fingerprint density at radius 1 is 0.745 bits per heavy atom. The molecule has 1 saturated heterocycles. The number of ether oxygens (including phenoxy) is 1. The summed E-state index contributed by atoms with van der Waals surface area (Å²) >= 11 is 0. The molecule has 1 amide bonds. The van der Waals surface area contributed by atoms with Crippen LogP contribution in [0.5, 0.6) is 5.75 Å². The second kappa shape index (κ2) is 14.0. The highest BCUT2D eigenvalue weighted by atomic mass is 19.1. The Hall–Kier alpha value is -5.27. The Labute approximate surface area is 274 Å². The predicted octanol–water partition coefficient (Wildman–Crippen LogP) is 7.51. The average molecular weight is 625 g/mol.